The van der Waals surface area contributed by atoms with E-state index in [0.717, 1.165) is 15.4 Å². The molecule has 162 valence electrons. The maximum Gasteiger partial charge on any atom is 0.247 e. The Bertz CT molecular complexity index is 1170. The Hall–Kier alpha value is -2.87. The second-order valence-electron chi connectivity index (χ2n) is 6.97. The molecule has 0 saturated carbocycles. The molecule has 0 aliphatic rings. The number of aryl methyl sites for hydroxylation is 1. The van der Waals surface area contributed by atoms with Gasteiger partial charge in [-0.1, -0.05) is 54.1 Å². The van der Waals surface area contributed by atoms with E-state index in [1.807, 2.05) is 30.3 Å². The van der Waals surface area contributed by atoms with E-state index in [1.54, 1.807) is 49.4 Å². The molecule has 0 unspecified atom stereocenters. The van der Waals surface area contributed by atoms with Gasteiger partial charge in [-0.2, -0.15) is 4.31 Å². The first-order valence-electron chi connectivity index (χ1n) is 9.54. The van der Waals surface area contributed by atoms with Crippen molar-refractivity contribution in [2.75, 3.05) is 19.0 Å². The predicted octanol–water partition coefficient (Wildman–Crippen LogP) is 4.49. The van der Waals surface area contributed by atoms with Gasteiger partial charge in [0.1, 0.15) is 10.6 Å². The van der Waals surface area contributed by atoms with Crippen molar-refractivity contribution in [1.29, 1.82) is 0 Å². The van der Waals surface area contributed by atoms with Gasteiger partial charge in [-0.05, 0) is 48.4 Å². The number of benzene rings is 3. The van der Waals surface area contributed by atoms with Gasteiger partial charge in [-0.3, -0.25) is 4.79 Å². The maximum atomic E-state index is 13.6. The maximum absolute atomic E-state index is 13.6. The Kier molecular flexibility index (Phi) is 7.33. The van der Waals surface area contributed by atoms with Crippen LogP contribution in [-0.2, 0) is 21.4 Å². The zero-order valence-electron chi connectivity index (χ0n) is 17.2. The zero-order chi connectivity index (χ0) is 22.4. The van der Waals surface area contributed by atoms with Gasteiger partial charge in [-0.25, -0.2) is 8.42 Å². The molecule has 31 heavy (non-hydrogen) atoms. The van der Waals surface area contributed by atoms with Gasteiger partial charge in [0.05, 0.1) is 13.7 Å². The minimum absolute atomic E-state index is 0.0153. The van der Waals surface area contributed by atoms with E-state index in [1.165, 1.54) is 7.11 Å². The molecule has 3 rings (SSSR count). The lowest BCUT2D eigenvalue weighted by Crippen LogP contribution is -2.37. The summed E-state index contributed by atoms with van der Waals surface area (Å²) in [5, 5.41) is 3.17. The van der Waals surface area contributed by atoms with Gasteiger partial charge >= 0.3 is 0 Å². The summed E-state index contributed by atoms with van der Waals surface area (Å²) < 4.78 is 33.5. The summed E-state index contributed by atoms with van der Waals surface area (Å²) in [5.74, 6) is -0.257. The quantitative estimate of drug-likeness (QED) is 0.539. The van der Waals surface area contributed by atoms with Crippen LogP contribution in [0.5, 0.6) is 5.75 Å². The average Bonchev–Trinajstić information content (AvgIpc) is 2.74. The van der Waals surface area contributed by atoms with E-state index >= 15 is 0 Å². The van der Waals surface area contributed by atoms with E-state index in [-0.39, 0.29) is 23.7 Å². The molecule has 0 saturated heterocycles. The first-order chi connectivity index (χ1) is 14.8. The highest BCUT2D eigenvalue weighted by Gasteiger charge is 2.30. The van der Waals surface area contributed by atoms with Gasteiger partial charge in [-0.15, -0.1) is 0 Å². The summed E-state index contributed by atoms with van der Waals surface area (Å²) in [5.41, 5.74) is 2.01. The van der Waals surface area contributed by atoms with Crippen LogP contribution in [-0.4, -0.2) is 32.3 Å². The van der Waals surface area contributed by atoms with Crippen molar-refractivity contribution in [1.82, 2.24) is 4.31 Å². The van der Waals surface area contributed by atoms with Gasteiger partial charge in [0.2, 0.25) is 15.9 Å². The molecule has 0 aliphatic carbocycles. The van der Waals surface area contributed by atoms with E-state index < -0.39 is 15.9 Å². The lowest BCUT2D eigenvalue weighted by atomic mass is 10.2. The summed E-state index contributed by atoms with van der Waals surface area (Å²) in [6.07, 6.45) is 0. The minimum atomic E-state index is -4.04. The van der Waals surface area contributed by atoms with Crippen LogP contribution in [0.25, 0.3) is 0 Å². The highest BCUT2D eigenvalue weighted by atomic mass is 35.5. The Morgan fingerprint density at radius 2 is 1.77 bits per heavy atom. The molecular weight excluding hydrogens is 436 g/mol. The summed E-state index contributed by atoms with van der Waals surface area (Å²) in [6.45, 7) is 1.45. The summed E-state index contributed by atoms with van der Waals surface area (Å²) in [6, 6.07) is 20.7. The second-order valence-corrected chi connectivity index (χ2v) is 9.31. The molecule has 0 aliphatic heterocycles. The van der Waals surface area contributed by atoms with Crippen molar-refractivity contribution in [3.8, 4) is 5.75 Å². The van der Waals surface area contributed by atoms with Crippen molar-refractivity contribution in [3.63, 3.8) is 0 Å². The number of nitrogens with zero attached hydrogens (tertiary/aromatic N) is 1. The third-order valence-electron chi connectivity index (χ3n) is 4.57. The molecule has 8 heteroatoms. The van der Waals surface area contributed by atoms with Crippen LogP contribution in [0.2, 0.25) is 5.02 Å². The minimum Gasteiger partial charge on any atom is -0.495 e. The fourth-order valence-electron chi connectivity index (χ4n) is 3.06. The Morgan fingerprint density at radius 3 is 2.45 bits per heavy atom. The molecule has 1 N–H and O–H groups in total. The number of sulfonamides is 1. The predicted molar refractivity (Wildman–Crippen MR) is 122 cm³/mol. The van der Waals surface area contributed by atoms with E-state index in [2.05, 4.69) is 5.32 Å². The molecule has 0 fully saturated rings. The normalized spacial score (nSPS) is 11.4. The third kappa shape index (κ3) is 5.85. The van der Waals surface area contributed by atoms with Crippen LogP contribution >= 0.6 is 11.6 Å². The number of anilines is 1. The molecule has 6 nitrogen and oxygen atoms in total. The molecule has 0 spiro atoms. The molecule has 3 aromatic rings. The monoisotopic (exact) mass is 458 g/mol. The lowest BCUT2D eigenvalue weighted by Gasteiger charge is -2.23. The van der Waals surface area contributed by atoms with Crippen molar-refractivity contribution in [2.24, 2.45) is 0 Å². The fraction of sp³-hybridized carbons (Fsp3) is 0.174. The number of carbonyl (C=O) groups excluding carboxylic acids is 1. The van der Waals surface area contributed by atoms with Crippen LogP contribution in [0.15, 0.2) is 77.7 Å². The smallest absolute Gasteiger partial charge is 0.247 e. The standard InChI is InChI=1S/C23H23ClN2O4S/c1-17-11-12-21(30-2)22(13-17)31(28,29)26(15-18-7-4-3-5-8-18)16-23(27)25-20-10-6-9-19(24)14-20/h3-14H,15-16H2,1-2H3,(H,25,27). The highest BCUT2D eigenvalue weighted by Crippen LogP contribution is 2.29. The fourth-order valence-corrected chi connectivity index (χ4v) is 4.88. The van der Waals surface area contributed by atoms with Crippen molar-refractivity contribution < 1.29 is 17.9 Å². The first kappa shape index (κ1) is 22.8. The van der Waals surface area contributed by atoms with Crippen molar-refractivity contribution >= 4 is 33.2 Å². The second kappa shape index (κ2) is 9.96. The molecule has 1 amide bonds. The molecule has 0 bridgehead atoms. The average molecular weight is 459 g/mol. The van der Waals surface area contributed by atoms with E-state index in [0.29, 0.717) is 10.7 Å². The number of hydrogen-bond acceptors (Lipinski definition) is 4. The largest absolute Gasteiger partial charge is 0.495 e. The number of rotatable bonds is 8. The van der Waals surface area contributed by atoms with E-state index in [9.17, 15) is 13.2 Å². The topological polar surface area (TPSA) is 75.7 Å². The third-order valence-corrected chi connectivity index (χ3v) is 6.62. The van der Waals surface area contributed by atoms with Crippen molar-refractivity contribution in [3.05, 3.63) is 88.9 Å². The van der Waals surface area contributed by atoms with Gasteiger partial charge in [0.15, 0.2) is 0 Å². The molecule has 0 heterocycles. The Balaban J connectivity index is 1.94. The summed E-state index contributed by atoms with van der Waals surface area (Å²) >= 11 is 5.97. The number of ether oxygens (including phenoxy) is 1. The van der Waals surface area contributed by atoms with Crippen LogP contribution in [0.1, 0.15) is 11.1 Å². The number of amides is 1. The molecule has 0 atom stereocenters. The molecule has 0 aromatic heterocycles. The van der Waals surface area contributed by atoms with Gasteiger partial charge in [0, 0.05) is 17.3 Å². The van der Waals surface area contributed by atoms with Crippen molar-refractivity contribution in [2.45, 2.75) is 18.4 Å². The SMILES string of the molecule is COc1ccc(C)cc1S(=O)(=O)N(CC(=O)Nc1cccc(Cl)c1)Cc1ccccc1. The van der Waals surface area contributed by atoms with Crippen LogP contribution in [0, 0.1) is 6.92 Å². The molecule has 0 radical (unpaired) electrons. The Morgan fingerprint density at radius 1 is 1.03 bits per heavy atom. The number of carbonyl (C=O) groups is 1. The first-order valence-corrected chi connectivity index (χ1v) is 11.4. The van der Waals surface area contributed by atoms with Gasteiger partial charge in [0.25, 0.3) is 0 Å². The molecular formula is C23H23ClN2O4S. The van der Waals surface area contributed by atoms with Crippen LogP contribution in [0.4, 0.5) is 5.69 Å². The number of halogens is 1. The number of hydrogen-bond donors (Lipinski definition) is 1. The van der Waals surface area contributed by atoms with Gasteiger partial charge < -0.3 is 10.1 Å². The molecule has 3 aromatic carbocycles. The summed E-state index contributed by atoms with van der Waals surface area (Å²) in [4.78, 5) is 12.7. The Labute approximate surface area is 187 Å². The van der Waals surface area contributed by atoms with E-state index in [4.69, 9.17) is 16.3 Å². The number of nitrogens with one attached hydrogen (secondary N) is 1. The van der Waals surface area contributed by atoms with Crippen LogP contribution in [0.3, 0.4) is 0 Å². The van der Waals surface area contributed by atoms with Crippen LogP contribution < -0.4 is 10.1 Å². The zero-order valence-corrected chi connectivity index (χ0v) is 18.8. The highest BCUT2D eigenvalue weighted by molar-refractivity contribution is 7.89. The lowest BCUT2D eigenvalue weighted by molar-refractivity contribution is -0.116. The summed E-state index contributed by atoms with van der Waals surface area (Å²) in [7, 11) is -2.62. The number of methoxy groups -OCH3 is 1.